The number of nitrogens with zero attached hydrogens (tertiary/aromatic N) is 3. The lowest BCUT2D eigenvalue weighted by molar-refractivity contribution is -0.384. The highest BCUT2D eigenvalue weighted by atomic mass is 32.2. The number of hydrogen-bond acceptors (Lipinski definition) is 6. The first-order chi connectivity index (χ1) is 10.4. The monoisotopic (exact) mass is 322 g/mol. The number of anilines is 1. The molecule has 0 aliphatic carbocycles. The van der Waals surface area contributed by atoms with Crippen LogP contribution < -0.4 is 5.32 Å². The number of nitro groups is 1. The number of benzene rings is 1. The molecule has 1 aliphatic heterocycles. The van der Waals surface area contributed by atoms with E-state index >= 15 is 0 Å². The van der Waals surface area contributed by atoms with Gasteiger partial charge in [-0.05, 0) is 6.07 Å². The third kappa shape index (κ3) is 3.42. The Labute approximate surface area is 130 Å². The van der Waals surface area contributed by atoms with Crippen LogP contribution in [0.25, 0.3) is 0 Å². The first-order valence-corrected chi connectivity index (χ1v) is 7.25. The van der Waals surface area contributed by atoms with Gasteiger partial charge < -0.3 is 5.32 Å². The topological polar surface area (TPSA) is 105 Å². The van der Waals surface area contributed by atoms with Crippen molar-refractivity contribution in [2.75, 3.05) is 19.4 Å². The minimum atomic E-state index is -0.537. The number of hydrogen-bond donors (Lipinski definition) is 1. The zero-order chi connectivity index (χ0) is 16.3. The zero-order valence-corrected chi connectivity index (χ0v) is 12.8. The maximum Gasteiger partial charge on any atom is 0.271 e. The number of nitrogens with one attached hydrogen (secondary N) is 1. The van der Waals surface area contributed by atoms with E-state index in [0.717, 1.165) is 0 Å². The first-order valence-electron chi connectivity index (χ1n) is 6.37. The minimum Gasteiger partial charge on any atom is -0.326 e. The summed E-state index contributed by atoms with van der Waals surface area (Å²) in [7, 11) is 3.19. The lowest BCUT2D eigenvalue weighted by atomic mass is 10.2. The summed E-state index contributed by atoms with van der Waals surface area (Å²) >= 11 is 1.23. The largest absolute Gasteiger partial charge is 0.326 e. The van der Waals surface area contributed by atoms with Crippen molar-refractivity contribution in [2.24, 2.45) is 4.99 Å². The van der Waals surface area contributed by atoms with Gasteiger partial charge in [-0.2, -0.15) is 0 Å². The molecule has 22 heavy (non-hydrogen) atoms. The molecule has 1 N–H and O–H groups in total. The maximum atomic E-state index is 12.0. The predicted octanol–water partition coefficient (Wildman–Crippen LogP) is 1.48. The van der Waals surface area contributed by atoms with Gasteiger partial charge in [-0.25, -0.2) is 0 Å². The Morgan fingerprint density at radius 1 is 1.55 bits per heavy atom. The van der Waals surface area contributed by atoms with Crippen LogP contribution >= 0.6 is 11.8 Å². The molecule has 0 unspecified atom stereocenters. The number of thioether (sulfide) groups is 1. The van der Waals surface area contributed by atoms with E-state index in [4.69, 9.17) is 0 Å². The summed E-state index contributed by atoms with van der Waals surface area (Å²) in [5.74, 6) is -0.558. The summed E-state index contributed by atoms with van der Waals surface area (Å²) < 4.78 is 0. The summed E-state index contributed by atoms with van der Waals surface area (Å²) in [6.45, 7) is 0. The second-order valence-electron chi connectivity index (χ2n) is 4.57. The molecule has 1 atom stereocenters. The molecule has 1 aliphatic rings. The summed E-state index contributed by atoms with van der Waals surface area (Å²) in [6, 6.07) is 5.65. The Morgan fingerprint density at radius 3 is 2.86 bits per heavy atom. The average molecular weight is 322 g/mol. The predicted molar refractivity (Wildman–Crippen MR) is 83.9 cm³/mol. The van der Waals surface area contributed by atoms with E-state index in [0.29, 0.717) is 10.9 Å². The van der Waals surface area contributed by atoms with E-state index in [1.165, 1.54) is 34.9 Å². The van der Waals surface area contributed by atoms with Gasteiger partial charge in [0.05, 0.1) is 4.92 Å². The Bertz CT molecular complexity index is 661. The zero-order valence-electron chi connectivity index (χ0n) is 12.0. The van der Waals surface area contributed by atoms with Gasteiger partial charge in [-0.1, -0.05) is 17.8 Å². The Hall–Kier alpha value is -2.42. The number of rotatable bonds is 4. The number of non-ortho nitro benzene ring substituents is 1. The van der Waals surface area contributed by atoms with Crippen LogP contribution in [0.3, 0.4) is 0 Å². The summed E-state index contributed by atoms with van der Waals surface area (Å²) in [6.07, 6.45) is -0.0183. The molecule has 2 amide bonds. The maximum absolute atomic E-state index is 12.0. The first kappa shape index (κ1) is 16.0. The minimum absolute atomic E-state index is 0.0183. The fourth-order valence-corrected chi connectivity index (χ4v) is 3.08. The summed E-state index contributed by atoms with van der Waals surface area (Å²) in [5.41, 5.74) is 0.219. The molecule has 1 aromatic carbocycles. The normalized spacial score (nSPS) is 19.5. The molecule has 0 saturated carbocycles. The Morgan fingerprint density at radius 2 is 2.27 bits per heavy atom. The second-order valence-corrected chi connectivity index (χ2v) is 5.74. The van der Waals surface area contributed by atoms with E-state index < -0.39 is 10.2 Å². The highest BCUT2D eigenvalue weighted by Crippen LogP contribution is 2.28. The van der Waals surface area contributed by atoms with Gasteiger partial charge in [0.25, 0.3) is 5.69 Å². The van der Waals surface area contributed by atoms with Crippen molar-refractivity contribution in [1.82, 2.24) is 4.90 Å². The average Bonchev–Trinajstić information content (AvgIpc) is 2.75. The second kappa shape index (κ2) is 6.56. The van der Waals surface area contributed by atoms with Gasteiger partial charge in [0.2, 0.25) is 11.8 Å². The van der Waals surface area contributed by atoms with Crippen LogP contribution in [0.2, 0.25) is 0 Å². The van der Waals surface area contributed by atoms with E-state index in [1.54, 1.807) is 20.2 Å². The molecule has 1 aromatic rings. The van der Waals surface area contributed by atoms with E-state index in [2.05, 4.69) is 10.3 Å². The standard InChI is InChI=1S/C13H14N4O4S/c1-14-13-16(2)12(19)10(22-13)7-11(18)15-8-4-3-5-9(6-8)17(20)21/h3-6,10H,7H2,1-2H3,(H,15,18)/t10-/m0/s1. The molecule has 9 heteroatoms. The van der Waals surface area contributed by atoms with E-state index in [1.807, 2.05) is 0 Å². The Kier molecular flexibility index (Phi) is 4.76. The van der Waals surface area contributed by atoms with Gasteiger partial charge in [0, 0.05) is 38.3 Å². The van der Waals surface area contributed by atoms with Crippen LogP contribution in [-0.4, -0.2) is 46.2 Å². The van der Waals surface area contributed by atoms with Crippen LogP contribution in [0.5, 0.6) is 0 Å². The number of amidine groups is 1. The molecule has 1 fully saturated rings. The fraction of sp³-hybridized carbons (Fsp3) is 0.308. The number of amides is 2. The van der Waals surface area contributed by atoms with Crippen molar-refractivity contribution in [3.05, 3.63) is 34.4 Å². The van der Waals surface area contributed by atoms with Crippen molar-refractivity contribution >= 4 is 40.1 Å². The number of carbonyl (C=O) groups excluding carboxylic acids is 2. The summed E-state index contributed by atoms with van der Waals surface area (Å²) in [4.78, 5) is 39.5. The third-order valence-corrected chi connectivity index (χ3v) is 4.36. The smallest absolute Gasteiger partial charge is 0.271 e. The highest BCUT2D eigenvalue weighted by Gasteiger charge is 2.36. The molecule has 8 nitrogen and oxygen atoms in total. The molecule has 1 saturated heterocycles. The van der Waals surface area contributed by atoms with Crippen LogP contribution in [0.15, 0.2) is 29.3 Å². The molecule has 0 bridgehead atoms. The molecule has 0 spiro atoms. The SMILES string of the molecule is CN=C1S[C@@H](CC(=O)Nc2cccc([N+](=O)[O-])c2)C(=O)N1C. The molecule has 2 rings (SSSR count). The lowest BCUT2D eigenvalue weighted by Crippen LogP contribution is -2.30. The molecular formula is C13H14N4O4S. The lowest BCUT2D eigenvalue weighted by Gasteiger charge is -2.09. The van der Waals surface area contributed by atoms with Crippen molar-refractivity contribution in [3.63, 3.8) is 0 Å². The van der Waals surface area contributed by atoms with E-state index in [-0.39, 0.29) is 23.9 Å². The van der Waals surface area contributed by atoms with Crippen molar-refractivity contribution in [2.45, 2.75) is 11.7 Å². The number of aliphatic imine (C=N–C) groups is 1. The molecule has 0 radical (unpaired) electrons. The van der Waals surface area contributed by atoms with Crippen LogP contribution in [0.4, 0.5) is 11.4 Å². The molecule has 0 aromatic heterocycles. The quantitative estimate of drug-likeness (QED) is 0.668. The molecular weight excluding hydrogens is 308 g/mol. The van der Waals surface area contributed by atoms with Gasteiger partial charge in [-0.15, -0.1) is 0 Å². The van der Waals surface area contributed by atoms with Gasteiger partial charge >= 0.3 is 0 Å². The molecule has 1 heterocycles. The van der Waals surface area contributed by atoms with Crippen LogP contribution in [-0.2, 0) is 9.59 Å². The fourth-order valence-electron chi connectivity index (χ4n) is 1.98. The Balaban J connectivity index is 2.01. The number of nitro benzene ring substituents is 1. The highest BCUT2D eigenvalue weighted by molar-refractivity contribution is 8.15. The van der Waals surface area contributed by atoms with Crippen molar-refractivity contribution in [1.29, 1.82) is 0 Å². The van der Waals surface area contributed by atoms with Crippen molar-refractivity contribution in [3.8, 4) is 0 Å². The van der Waals surface area contributed by atoms with Crippen LogP contribution in [0, 0.1) is 10.1 Å². The third-order valence-electron chi connectivity index (χ3n) is 3.04. The molecule has 116 valence electrons. The van der Waals surface area contributed by atoms with E-state index in [9.17, 15) is 19.7 Å². The summed E-state index contributed by atoms with van der Waals surface area (Å²) in [5, 5.41) is 13.3. The van der Waals surface area contributed by atoms with Crippen LogP contribution in [0.1, 0.15) is 6.42 Å². The van der Waals surface area contributed by atoms with Gasteiger partial charge in [0.1, 0.15) is 5.25 Å². The van der Waals surface area contributed by atoms with Gasteiger partial charge in [0.15, 0.2) is 5.17 Å². The van der Waals surface area contributed by atoms with Gasteiger partial charge in [-0.3, -0.25) is 29.6 Å². The number of carbonyl (C=O) groups is 2. The van der Waals surface area contributed by atoms with Crippen molar-refractivity contribution < 1.29 is 14.5 Å².